The van der Waals surface area contributed by atoms with Gasteiger partial charge in [-0.2, -0.15) is 0 Å². The zero-order valence-electron chi connectivity index (χ0n) is 17.3. The van der Waals surface area contributed by atoms with Crippen LogP contribution in [0, 0.1) is 5.41 Å². The number of hydrogen-bond donors (Lipinski definition) is 2. The van der Waals surface area contributed by atoms with E-state index in [9.17, 15) is 14.7 Å². The highest BCUT2D eigenvalue weighted by atomic mass is 16.4. The molecule has 0 bridgehead atoms. The second kappa shape index (κ2) is 9.57. The maximum atomic E-state index is 12.4. The number of carbonyl (C=O) groups excluding carboxylic acids is 1. The van der Waals surface area contributed by atoms with Crippen LogP contribution in [0.1, 0.15) is 74.2 Å². The molecule has 2 fully saturated rings. The summed E-state index contributed by atoms with van der Waals surface area (Å²) in [7, 11) is 0. The highest BCUT2D eigenvalue weighted by Crippen LogP contribution is 2.48. The van der Waals surface area contributed by atoms with Gasteiger partial charge in [-0.1, -0.05) is 50.5 Å². The molecule has 0 unspecified atom stereocenters. The van der Waals surface area contributed by atoms with Crippen LogP contribution in [0.3, 0.4) is 0 Å². The van der Waals surface area contributed by atoms with E-state index in [1.165, 1.54) is 6.42 Å². The molecular formula is C24H33NO4. The first-order valence-corrected chi connectivity index (χ1v) is 10.9. The van der Waals surface area contributed by atoms with Crippen molar-refractivity contribution in [1.29, 1.82) is 0 Å². The van der Waals surface area contributed by atoms with E-state index in [1.54, 1.807) is 12.1 Å². The van der Waals surface area contributed by atoms with E-state index in [0.29, 0.717) is 19.4 Å². The molecule has 1 aromatic carbocycles. The molecule has 1 saturated heterocycles. The molecule has 5 nitrogen and oxygen atoms in total. The second-order valence-corrected chi connectivity index (χ2v) is 8.59. The zero-order chi connectivity index (χ0) is 20.9. The van der Waals surface area contributed by atoms with E-state index >= 15 is 0 Å². The molecule has 2 aliphatic rings. The molecule has 1 amide bonds. The third kappa shape index (κ3) is 5.08. The number of carbonyl (C=O) groups is 2. The number of hydrogen-bond acceptors (Lipinski definition) is 3. The van der Waals surface area contributed by atoms with Crippen molar-refractivity contribution in [2.75, 3.05) is 6.54 Å². The summed E-state index contributed by atoms with van der Waals surface area (Å²) >= 11 is 0. The highest BCUT2D eigenvalue weighted by molar-refractivity contribution is 5.87. The third-order valence-corrected chi connectivity index (χ3v) is 6.74. The van der Waals surface area contributed by atoms with Gasteiger partial charge in [-0.25, -0.2) is 4.79 Å². The second-order valence-electron chi connectivity index (χ2n) is 8.59. The lowest BCUT2D eigenvalue weighted by molar-refractivity contribution is -0.128. The number of amides is 1. The summed E-state index contributed by atoms with van der Waals surface area (Å²) in [5.41, 5.74) is 1.34. The Hall–Kier alpha value is -2.14. The summed E-state index contributed by atoms with van der Waals surface area (Å²) in [6.45, 7) is 2.79. The van der Waals surface area contributed by atoms with Crippen molar-refractivity contribution in [3.8, 4) is 0 Å². The van der Waals surface area contributed by atoms with Crippen molar-refractivity contribution in [3.05, 3.63) is 47.5 Å². The van der Waals surface area contributed by atoms with Gasteiger partial charge < -0.3 is 15.1 Å². The number of likely N-dealkylation sites (tertiary alicyclic amines) is 1. The van der Waals surface area contributed by atoms with Crippen molar-refractivity contribution in [3.63, 3.8) is 0 Å². The number of benzene rings is 1. The van der Waals surface area contributed by atoms with Gasteiger partial charge in [0.25, 0.3) is 0 Å². The summed E-state index contributed by atoms with van der Waals surface area (Å²) in [4.78, 5) is 25.2. The highest BCUT2D eigenvalue weighted by Gasteiger charge is 2.41. The van der Waals surface area contributed by atoms with Gasteiger partial charge >= 0.3 is 5.97 Å². The Morgan fingerprint density at radius 2 is 2.03 bits per heavy atom. The summed E-state index contributed by atoms with van der Waals surface area (Å²) in [6.07, 6.45) is 12.3. The lowest BCUT2D eigenvalue weighted by Crippen LogP contribution is -2.40. The minimum atomic E-state index is -0.932. The molecule has 0 aromatic heterocycles. The van der Waals surface area contributed by atoms with Crippen LogP contribution < -0.4 is 0 Å². The SMILES string of the molecule is CCCCC1([C@H](O)/C=C/[C@H]2CCC(=O)N2CCc2ccc(C(=O)O)cc2)CCC1. The van der Waals surface area contributed by atoms with Crippen molar-refractivity contribution in [2.24, 2.45) is 5.41 Å². The van der Waals surface area contributed by atoms with Crippen LogP contribution in [0.5, 0.6) is 0 Å². The Bertz CT molecular complexity index is 736. The van der Waals surface area contributed by atoms with Crippen LogP contribution in [0.25, 0.3) is 0 Å². The Morgan fingerprint density at radius 1 is 1.31 bits per heavy atom. The monoisotopic (exact) mass is 399 g/mol. The molecule has 1 aromatic rings. The average molecular weight is 400 g/mol. The average Bonchev–Trinajstić information content (AvgIpc) is 3.03. The fraction of sp³-hybridized carbons (Fsp3) is 0.583. The minimum absolute atomic E-state index is 0.0405. The van der Waals surface area contributed by atoms with E-state index in [0.717, 1.165) is 44.1 Å². The number of carboxylic acid groups (broad SMARTS) is 1. The Balaban J connectivity index is 1.58. The van der Waals surface area contributed by atoms with Crippen LogP contribution in [-0.4, -0.2) is 45.7 Å². The molecule has 2 N–H and O–H groups in total. The number of rotatable bonds is 10. The van der Waals surface area contributed by atoms with Gasteiger partial charge in [-0.3, -0.25) is 4.79 Å². The van der Waals surface area contributed by atoms with E-state index in [2.05, 4.69) is 6.92 Å². The predicted molar refractivity (Wildman–Crippen MR) is 113 cm³/mol. The lowest BCUT2D eigenvalue weighted by Gasteiger charge is -2.45. The van der Waals surface area contributed by atoms with Crippen LogP contribution in [0.15, 0.2) is 36.4 Å². The first-order valence-electron chi connectivity index (χ1n) is 10.9. The minimum Gasteiger partial charge on any atom is -0.478 e. The fourth-order valence-electron chi connectivity index (χ4n) is 4.60. The first-order chi connectivity index (χ1) is 13.9. The first kappa shape index (κ1) is 21.6. The molecule has 5 heteroatoms. The van der Waals surface area contributed by atoms with Gasteiger partial charge in [0.1, 0.15) is 0 Å². The number of aliphatic hydroxyl groups is 1. The molecule has 1 heterocycles. The van der Waals surface area contributed by atoms with Crippen molar-refractivity contribution < 1.29 is 19.8 Å². The number of unbranched alkanes of at least 4 members (excludes halogenated alkanes) is 1. The van der Waals surface area contributed by atoms with Gasteiger partial charge in [0.2, 0.25) is 5.91 Å². The fourth-order valence-corrected chi connectivity index (χ4v) is 4.60. The van der Waals surface area contributed by atoms with Gasteiger partial charge in [0.15, 0.2) is 0 Å². The molecule has 1 aliphatic heterocycles. The van der Waals surface area contributed by atoms with Crippen LogP contribution in [0.2, 0.25) is 0 Å². The molecule has 2 atom stereocenters. The molecule has 1 aliphatic carbocycles. The van der Waals surface area contributed by atoms with E-state index in [1.807, 2.05) is 29.2 Å². The molecule has 158 valence electrons. The maximum absolute atomic E-state index is 12.4. The molecular weight excluding hydrogens is 366 g/mol. The quantitative estimate of drug-likeness (QED) is 0.578. The number of nitrogens with zero attached hydrogens (tertiary/aromatic N) is 1. The number of aliphatic hydroxyl groups excluding tert-OH is 1. The Morgan fingerprint density at radius 3 is 2.62 bits per heavy atom. The molecule has 29 heavy (non-hydrogen) atoms. The number of aromatic carboxylic acids is 1. The zero-order valence-corrected chi connectivity index (χ0v) is 17.3. The summed E-state index contributed by atoms with van der Waals surface area (Å²) < 4.78 is 0. The standard InChI is InChI=1S/C24H33NO4/c1-2-3-14-24(15-4-16-24)21(26)11-9-20-10-12-22(27)25(20)17-13-18-5-7-19(8-6-18)23(28)29/h5-9,11,20-21,26H,2-4,10,12-17H2,1H3,(H,28,29)/b11-9+/t20-,21+/m0/s1. The van der Waals surface area contributed by atoms with Gasteiger partial charge in [-0.15, -0.1) is 0 Å². The topological polar surface area (TPSA) is 77.8 Å². The van der Waals surface area contributed by atoms with Gasteiger partial charge in [0.05, 0.1) is 17.7 Å². The van der Waals surface area contributed by atoms with E-state index in [4.69, 9.17) is 5.11 Å². The molecule has 0 radical (unpaired) electrons. The number of carboxylic acids is 1. The smallest absolute Gasteiger partial charge is 0.335 e. The van der Waals surface area contributed by atoms with Gasteiger partial charge in [-0.05, 0) is 55.2 Å². The van der Waals surface area contributed by atoms with Gasteiger partial charge in [0, 0.05) is 13.0 Å². The molecule has 1 saturated carbocycles. The van der Waals surface area contributed by atoms with E-state index < -0.39 is 12.1 Å². The third-order valence-electron chi connectivity index (χ3n) is 6.74. The van der Waals surface area contributed by atoms with Crippen molar-refractivity contribution >= 4 is 11.9 Å². The van der Waals surface area contributed by atoms with Crippen LogP contribution >= 0.6 is 0 Å². The van der Waals surface area contributed by atoms with E-state index in [-0.39, 0.29) is 22.9 Å². The summed E-state index contributed by atoms with van der Waals surface area (Å²) in [5.74, 6) is -0.779. The summed E-state index contributed by atoms with van der Waals surface area (Å²) in [5, 5.41) is 19.8. The van der Waals surface area contributed by atoms with Crippen LogP contribution in [-0.2, 0) is 11.2 Å². The molecule has 3 rings (SSSR count). The Kier molecular flexibility index (Phi) is 7.12. The van der Waals surface area contributed by atoms with Crippen molar-refractivity contribution in [2.45, 2.75) is 76.9 Å². The maximum Gasteiger partial charge on any atom is 0.335 e. The van der Waals surface area contributed by atoms with Crippen molar-refractivity contribution in [1.82, 2.24) is 4.90 Å². The molecule has 0 spiro atoms. The Labute approximate surface area is 173 Å². The largest absolute Gasteiger partial charge is 0.478 e. The summed E-state index contributed by atoms with van der Waals surface area (Å²) in [6, 6.07) is 6.87. The normalized spacial score (nSPS) is 22.1. The lowest BCUT2D eigenvalue weighted by atomic mass is 9.62. The predicted octanol–water partition coefficient (Wildman–Crippen LogP) is 4.20. The van der Waals surface area contributed by atoms with Crippen LogP contribution in [0.4, 0.5) is 0 Å².